The fourth-order valence-electron chi connectivity index (χ4n) is 2.42. The van der Waals surface area contributed by atoms with E-state index >= 15 is 0 Å². The molecule has 0 unspecified atom stereocenters. The summed E-state index contributed by atoms with van der Waals surface area (Å²) in [7, 11) is 0. The minimum Gasteiger partial charge on any atom is -0.471 e. The summed E-state index contributed by atoms with van der Waals surface area (Å²) in [5, 5.41) is 2.93. The van der Waals surface area contributed by atoms with Crippen molar-refractivity contribution in [2.75, 3.05) is 18.9 Å². The average Bonchev–Trinajstić information content (AvgIpc) is 2.96. The molecule has 2 aromatic rings. The van der Waals surface area contributed by atoms with Crippen LogP contribution >= 0.6 is 0 Å². The monoisotopic (exact) mass is 320 g/mol. The molecule has 2 atom stereocenters. The number of amides is 1. The van der Waals surface area contributed by atoms with Crippen molar-refractivity contribution in [2.24, 2.45) is 5.73 Å². The number of nitrogens with one attached hydrogen (secondary N) is 1. The molecule has 1 aliphatic heterocycles. The molecular weight excluding hydrogens is 303 g/mol. The molecule has 0 saturated carbocycles. The van der Waals surface area contributed by atoms with E-state index in [4.69, 9.17) is 16.3 Å². The number of alkyl halides is 1. The highest BCUT2D eigenvalue weighted by molar-refractivity contribution is 5.96. The largest absolute Gasteiger partial charge is 0.471 e. The zero-order chi connectivity index (χ0) is 16.4. The number of primary amides is 1. The number of imidazole rings is 1. The normalized spacial score (nSPS) is 21.1. The summed E-state index contributed by atoms with van der Waals surface area (Å²) in [5.41, 5.74) is 6.58. The smallest absolute Gasteiger partial charge is 0.254 e. The van der Waals surface area contributed by atoms with Crippen LogP contribution in [0.4, 0.5) is 4.39 Å². The molecule has 5 N–H and O–H groups in total. The lowest BCUT2D eigenvalue weighted by Gasteiger charge is -2.27. The lowest BCUT2D eigenvalue weighted by Crippen LogP contribution is -2.44. The maximum absolute atomic E-state index is 13.9. The number of nitrogen functional groups attached to an aromatic ring is 1. The van der Waals surface area contributed by atoms with Crippen LogP contribution in [0.1, 0.15) is 16.8 Å². The van der Waals surface area contributed by atoms with E-state index in [-0.39, 0.29) is 18.0 Å². The zero-order valence-electron chi connectivity index (χ0n) is 12.3. The molecule has 0 bridgehead atoms. The van der Waals surface area contributed by atoms with E-state index in [0.717, 1.165) is 0 Å². The van der Waals surface area contributed by atoms with Crippen molar-refractivity contribution < 1.29 is 13.9 Å². The van der Waals surface area contributed by atoms with Crippen LogP contribution in [-0.2, 0) is 0 Å². The molecule has 0 spiro atoms. The molecule has 3 rings (SSSR count). The Labute approximate surface area is 131 Å². The van der Waals surface area contributed by atoms with Gasteiger partial charge in [-0.05, 0) is 19.0 Å². The van der Waals surface area contributed by atoms with Crippen LogP contribution < -0.4 is 21.6 Å². The van der Waals surface area contributed by atoms with Gasteiger partial charge in [-0.3, -0.25) is 9.47 Å². The van der Waals surface area contributed by atoms with E-state index in [9.17, 15) is 9.18 Å². The van der Waals surface area contributed by atoms with E-state index < -0.39 is 18.2 Å². The zero-order valence-corrected chi connectivity index (χ0v) is 12.3. The molecule has 1 saturated heterocycles. The first-order valence-corrected chi connectivity index (χ1v) is 7.15. The van der Waals surface area contributed by atoms with Gasteiger partial charge in [0.05, 0.1) is 11.9 Å². The molecule has 9 heteroatoms. The lowest BCUT2D eigenvalue weighted by molar-refractivity contribution is 0.0676. The fourth-order valence-corrected chi connectivity index (χ4v) is 2.42. The van der Waals surface area contributed by atoms with Gasteiger partial charge in [0.2, 0.25) is 5.88 Å². The van der Waals surface area contributed by atoms with Gasteiger partial charge in [-0.15, -0.1) is 0 Å². The molecule has 1 amide bonds. The number of carbonyl (C=O) groups excluding carboxylic acids is 1. The van der Waals surface area contributed by atoms with E-state index in [0.29, 0.717) is 24.2 Å². The van der Waals surface area contributed by atoms with Crippen molar-refractivity contribution in [3.05, 3.63) is 30.4 Å². The predicted octanol–water partition coefficient (Wildman–Crippen LogP) is -0.163. The second-order valence-electron chi connectivity index (χ2n) is 5.31. The van der Waals surface area contributed by atoms with Crippen molar-refractivity contribution in [2.45, 2.75) is 18.7 Å². The number of piperidine rings is 1. The molecule has 122 valence electrons. The van der Waals surface area contributed by atoms with Crippen LogP contribution in [0.5, 0.6) is 5.88 Å². The highest BCUT2D eigenvalue weighted by Crippen LogP contribution is 2.25. The van der Waals surface area contributed by atoms with Gasteiger partial charge in [-0.25, -0.2) is 14.4 Å². The Bertz CT molecular complexity index is 719. The Kier molecular flexibility index (Phi) is 4.11. The van der Waals surface area contributed by atoms with Crippen molar-refractivity contribution >= 4 is 5.91 Å². The van der Waals surface area contributed by atoms with E-state index in [1.54, 1.807) is 6.20 Å². The number of nitrogens with two attached hydrogens (primary N) is 2. The lowest BCUT2D eigenvalue weighted by atomic mass is 10.1. The SMILES string of the molecule is NC(=O)c1cc(-c2cn(N)cn2)cnc1O[C@H]1CCNC[C@H]1F. The number of aromatic nitrogens is 3. The molecule has 0 aromatic carbocycles. The second-order valence-corrected chi connectivity index (χ2v) is 5.31. The maximum Gasteiger partial charge on any atom is 0.254 e. The summed E-state index contributed by atoms with van der Waals surface area (Å²) in [6, 6.07) is 1.52. The third-order valence-corrected chi connectivity index (χ3v) is 3.63. The van der Waals surface area contributed by atoms with Gasteiger partial charge >= 0.3 is 0 Å². The van der Waals surface area contributed by atoms with Crippen LogP contribution in [0.25, 0.3) is 11.3 Å². The van der Waals surface area contributed by atoms with Gasteiger partial charge in [-0.1, -0.05) is 0 Å². The first-order chi connectivity index (χ1) is 11.0. The van der Waals surface area contributed by atoms with Crippen LogP contribution in [0.3, 0.4) is 0 Å². The molecule has 1 fully saturated rings. The quantitative estimate of drug-likeness (QED) is 0.673. The van der Waals surface area contributed by atoms with Gasteiger partial charge in [0, 0.05) is 18.3 Å². The van der Waals surface area contributed by atoms with Crippen molar-refractivity contribution in [3.63, 3.8) is 0 Å². The molecule has 23 heavy (non-hydrogen) atoms. The van der Waals surface area contributed by atoms with E-state index in [1.165, 1.54) is 23.3 Å². The van der Waals surface area contributed by atoms with Crippen LogP contribution in [0, 0.1) is 0 Å². The van der Waals surface area contributed by atoms with E-state index in [1.807, 2.05) is 0 Å². The summed E-state index contributed by atoms with van der Waals surface area (Å²) in [4.78, 5) is 19.9. The average molecular weight is 320 g/mol. The molecule has 0 aliphatic carbocycles. The first-order valence-electron chi connectivity index (χ1n) is 7.15. The van der Waals surface area contributed by atoms with Gasteiger partial charge in [0.15, 0.2) is 0 Å². The molecule has 0 radical (unpaired) electrons. The van der Waals surface area contributed by atoms with Crippen LogP contribution in [0.15, 0.2) is 24.8 Å². The van der Waals surface area contributed by atoms with Crippen molar-refractivity contribution in [1.29, 1.82) is 0 Å². The third-order valence-electron chi connectivity index (χ3n) is 3.63. The number of nitrogens with zero attached hydrogens (tertiary/aromatic N) is 3. The fraction of sp³-hybridized carbons (Fsp3) is 0.357. The van der Waals surface area contributed by atoms with Gasteiger partial charge in [0.25, 0.3) is 5.91 Å². The number of carbonyl (C=O) groups is 1. The molecule has 3 heterocycles. The Morgan fingerprint density at radius 2 is 2.30 bits per heavy atom. The number of pyridine rings is 1. The van der Waals surface area contributed by atoms with Gasteiger partial charge in [0.1, 0.15) is 24.2 Å². The Balaban J connectivity index is 1.89. The Hall–Kier alpha value is -2.68. The summed E-state index contributed by atoms with van der Waals surface area (Å²) in [6.45, 7) is 0.853. The van der Waals surface area contributed by atoms with Crippen molar-refractivity contribution in [1.82, 2.24) is 20.0 Å². The summed E-state index contributed by atoms with van der Waals surface area (Å²) in [6.07, 6.45) is 3.15. The predicted molar refractivity (Wildman–Crippen MR) is 80.9 cm³/mol. The summed E-state index contributed by atoms with van der Waals surface area (Å²) >= 11 is 0. The minimum atomic E-state index is -1.17. The van der Waals surface area contributed by atoms with Crippen molar-refractivity contribution in [3.8, 4) is 17.1 Å². The number of hydrogen-bond acceptors (Lipinski definition) is 6. The second kappa shape index (κ2) is 6.21. The van der Waals surface area contributed by atoms with Crippen LogP contribution in [0.2, 0.25) is 0 Å². The number of hydrogen-bond donors (Lipinski definition) is 3. The third kappa shape index (κ3) is 3.24. The number of ether oxygens (including phenoxy) is 1. The number of rotatable bonds is 4. The molecule has 1 aliphatic rings. The highest BCUT2D eigenvalue weighted by atomic mass is 19.1. The van der Waals surface area contributed by atoms with Gasteiger partial charge < -0.3 is 21.6 Å². The maximum atomic E-state index is 13.9. The van der Waals surface area contributed by atoms with Gasteiger partial charge in [-0.2, -0.15) is 0 Å². The highest BCUT2D eigenvalue weighted by Gasteiger charge is 2.28. The molecule has 2 aromatic heterocycles. The first kappa shape index (κ1) is 15.2. The summed E-state index contributed by atoms with van der Waals surface area (Å²) in [5.74, 6) is 4.88. The molecule has 8 nitrogen and oxygen atoms in total. The Morgan fingerprint density at radius 1 is 1.48 bits per heavy atom. The topological polar surface area (TPSA) is 121 Å². The minimum absolute atomic E-state index is 0.0305. The standard InChI is InChI=1S/C14H17FN6O2/c15-10-5-18-2-1-12(10)23-14-9(13(16)22)3-8(4-19-14)11-6-21(17)7-20-11/h3-4,6-7,10,12,18H,1-2,5,17H2,(H2,16,22)/t10-,12+/m1/s1. The summed E-state index contributed by atoms with van der Waals surface area (Å²) < 4.78 is 20.7. The van der Waals surface area contributed by atoms with Crippen LogP contribution in [-0.4, -0.2) is 45.9 Å². The molecular formula is C14H17FN6O2. The number of halogens is 1. The Morgan fingerprint density at radius 3 is 2.96 bits per heavy atom. The van der Waals surface area contributed by atoms with E-state index in [2.05, 4.69) is 15.3 Å².